The minimum atomic E-state index is -0.280. The molecule has 1 aromatic rings. The van der Waals surface area contributed by atoms with Gasteiger partial charge in [0, 0.05) is 24.2 Å². The lowest BCUT2D eigenvalue weighted by Crippen LogP contribution is -2.33. The predicted octanol–water partition coefficient (Wildman–Crippen LogP) is 2.93. The maximum Gasteiger partial charge on any atom is 0.124 e. The van der Waals surface area contributed by atoms with Crippen molar-refractivity contribution in [1.29, 1.82) is 0 Å². The summed E-state index contributed by atoms with van der Waals surface area (Å²) in [5, 5.41) is 8.82. The maximum absolute atomic E-state index is 13.4. The van der Waals surface area contributed by atoms with Gasteiger partial charge in [-0.1, -0.05) is 24.8 Å². The molecule has 3 heteroatoms. The van der Waals surface area contributed by atoms with Crippen LogP contribution in [0.25, 0.3) is 0 Å². The summed E-state index contributed by atoms with van der Waals surface area (Å²) in [4.78, 5) is 2.48. The molecule has 2 unspecified atom stereocenters. The maximum atomic E-state index is 13.4. The van der Waals surface area contributed by atoms with Gasteiger partial charge in [0.2, 0.25) is 0 Å². The van der Waals surface area contributed by atoms with Crippen LogP contribution in [0.1, 0.15) is 44.2 Å². The molecule has 2 nitrogen and oxygen atoms in total. The van der Waals surface area contributed by atoms with Crippen LogP contribution in [0.4, 0.5) is 4.39 Å². The Morgan fingerprint density at radius 2 is 2.20 bits per heavy atom. The molecule has 2 rings (SSSR count). The van der Waals surface area contributed by atoms with Crippen LogP contribution in [-0.2, 0) is 6.54 Å². The molecule has 1 N–H and O–H groups in total. The Kier molecular flexibility index (Phi) is 5.17. The zero-order chi connectivity index (χ0) is 14.5. The molecule has 0 aliphatic carbocycles. The van der Waals surface area contributed by atoms with Gasteiger partial charge in [-0.05, 0) is 43.9 Å². The van der Waals surface area contributed by atoms with Crippen LogP contribution in [0, 0.1) is 17.7 Å². The van der Waals surface area contributed by atoms with E-state index >= 15 is 0 Å². The molecule has 1 saturated heterocycles. The van der Waals surface area contributed by atoms with Gasteiger partial charge in [0.1, 0.15) is 12.4 Å². The molecule has 0 amide bonds. The largest absolute Gasteiger partial charge is 0.384 e. The topological polar surface area (TPSA) is 23.5 Å². The fraction of sp³-hybridized carbons (Fsp3) is 0.529. The number of halogens is 1. The highest BCUT2D eigenvalue weighted by Gasteiger charge is 2.29. The number of likely N-dealkylation sites (tertiary alicyclic amines) is 1. The molecule has 1 aliphatic rings. The van der Waals surface area contributed by atoms with Crippen molar-refractivity contribution in [3.05, 3.63) is 35.1 Å². The lowest BCUT2D eigenvalue weighted by molar-refractivity contribution is 0.189. The Hall–Kier alpha value is -1.37. The molecule has 0 radical (unpaired) electrons. The van der Waals surface area contributed by atoms with E-state index in [1.165, 1.54) is 25.0 Å². The molecule has 1 aliphatic heterocycles. The first-order valence-corrected chi connectivity index (χ1v) is 7.29. The molecule has 0 spiro atoms. The summed E-state index contributed by atoms with van der Waals surface area (Å²) in [6.45, 7) is 5.06. The van der Waals surface area contributed by atoms with Crippen molar-refractivity contribution in [3.63, 3.8) is 0 Å². The fourth-order valence-electron chi connectivity index (χ4n) is 2.98. The second kappa shape index (κ2) is 6.88. The first-order valence-electron chi connectivity index (χ1n) is 7.29. The Labute approximate surface area is 120 Å². The predicted molar refractivity (Wildman–Crippen MR) is 78.7 cm³/mol. The van der Waals surface area contributed by atoms with Crippen LogP contribution < -0.4 is 0 Å². The summed E-state index contributed by atoms with van der Waals surface area (Å²) >= 11 is 0. The minimum Gasteiger partial charge on any atom is -0.384 e. The zero-order valence-corrected chi connectivity index (χ0v) is 12.2. The van der Waals surface area contributed by atoms with Crippen LogP contribution in [0.3, 0.4) is 0 Å². The van der Waals surface area contributed by atoms with Crippen LogP contribution in [-0.4, -0.2) is 28.7 Å². The Morgan fingerprint density at radius 3 is 2.90 bits per heavy atom. The third-order valence-corrected chi connectivity index (χ3v) is 4.15. The third kappa shape index (κ3) is 3.39. The lowest BCUT2D eigenvalue weighted by atomic mass is 10.1. The van der Waals surface area contributed by atoms with Crippen molar-refractivity contribution in [1.82, 2.24) is 4.90 Å². The highest BCUT2D eigenvalue weighted by Crippen LogP contribution is 2.28. The first kappa shape index (κ1) is 15.0. The van der Waals surface area contributed by atoms with Gasteiger partial charge in [-0.3, -0.25) is 4.90 Å². The molecular formula is C17H22FNO. The summed E-state index contributed by atoms with van der Waals surface area (Å²) in [6.07, 6.45) is 3.59. The van der Waals surface area contributed by atoms with Crippen molar-refractivity contribution in [2.24, 2.45) is 0 Å². The molecule has 0 aromatic heterocycles. The summed E-state index contributed by atoms with van der Waals surface area (Å²) in [5.74, 6) is 5.19. The molecule has 108 valence electrons. The quantitative estimate of drug-likeness (QED) is 0.857. The molecule has 0 bridgehead atoms. The average Bonchev–Trinajstić information content (AvgIpc) is 2.79. The molecule has 0 saturated carbocycles. The molecule has 2 atom stereocenters. The highest BCUT2D eigenvalue weighted by atomic mass is 19.1. The van der Waals surface area contributed by atoms with E-state index in [1.807, 2.05) is 6.07 Å². The number of aliphatic hydroxyl groups excluding tert-OH is 1. The summed E-state index contributed by atoms with van der Waals surface area (Å²) in [7, 11) is 0. The van der Waals surface area contributed by atoms with Gasteiger partial charge in [-0.25, -0.2) is 4.39 Å². The summed E-state index contributed by atoms with van der Waals surface area (Å²) in [6, 6.07) is 5.92. The van der Waals surface area contributed by atoms with Gasteiger partial charge < -0.3 is 5.11 Å². The van der Waals surface area contributed by atoms with Crippen LogP contribution >= 0.6 is 0 Å². The number of hydrogen-bond donors (Lipinski definition) is 1. The van der Waals surface area contributed by atoms with Crippen LogP contribution in [0.2, 0.25) is 0 Å². The molecule has 20 heavy (non-hydrogen) atoms. The van der Waals surface area contributed by atoms with E-state index in [0.29, 0.717) is 17.6 Å². The fourth-order valence-corrected chi connectivity index (χ4v) is 2.98. The number of nitrogens with zero attached hydrogens (tertiary/aromatic N) is 1. The number of aliphatic hydroxyl groups is 1. The van der Waals surface area contributed by atoms with E-state index in [-0.39, 0.29) is 12.4 Å². The van der Waals surface area contributed by atoms with E-state index in [4.69, 9.17) is 5.11 Å². The van der Waals surface area contributed by atoms with Crippen molar-refractivity contribution in [2.45, 2.75) is 51.7 Å². The SMILES string of the molecule is CCC1CCC(C)N1Cc1ccc(F)cc1C#CCO. The van der Waals surface area contributed by atoms with E-state index in [2.05, 4.69) is 30.6 Å². The number of benzene rings is 1. The molecular weight excluding hydrogens is 253 g/mol. The zero-order valence-electron chi connectivity index (χ0n) is 12.2. The minimum absolute atomic E-state index is 0.201. The standard InChI is InChI=1S/C17H22FNO/c1-3-17-9-6-13(2)19(17)12-15-7-8-16(18)11-14(15)5-4-10-20/h7-8,11,13,17,20H,3,6,9-10,12H2,1-2H3. The summed E-state index contributed by atoms with van der Waals surface area (Å²) < 4.78 is 13.4. The monoisotopic (exact) mass is 275 g/mol. The van der Waals surface area contributed by atoms with E-state index < -0.39 is 0 Å². The average molecular weight is 275 g/mol. The van der Waals surface area contributed by atoms with E-state index in [0.717, 1.165) is 18.5 Å². The van der Waals surface area contributed by atoms with Crippen molar-refractivity contribution in [2.75, 3.05) is 6.61 Å². The van der Waals surface area contributed by atoms with Crippen molar-refractivity contribution in [3.8, 4) is 11.8 Å². The van der Waals surface area contributed by atoms with Gasteiger partial charge in [-0.15, -0.1) is 0 Å². The van der Waals surface area contributed by atoms with Gasteiger partial charge in [0.15, 0.2) is 0 Å². The molecule has 1 heterocycles. The Morgan fingerprint density at radius 1 is 1.40 bits per heavy atom. The second-order valence-corrected chi connectivity index (χ2v) is 5.42. The summed E-state index contributed by atoms with van der Waals surface area (Å²) in [5.41, 5.74) is 1.73. The van der Waals surface area contributed by atoms with Crippen LogP contribution in [0.15, 0.2) is 18.2 Å². The van der Waals surface area contributed by atoms with Gasteiger partial charge in [0.05, 0.1) is 0 Å². The first-order chi connectivity index (χ1) is 9.65. The van der Waals surface area contributed by atoms with E-state index in [1.54, 1.807) is 0 Å². The van der Waals surface area contributed by atoms with E-state index in [9.17, 15) is 4.39 Å². The number of rotatable bonds is 3. The van der Waals surface area contributed by atoms with Crippen molar-refractivity contribution < 1.29 is 9.50 Å². The Balaban J connectivity index is 2.24. The smallest absolute Gasteiger partial charge is 0.124 e. The molecule has 1 fully saturated rings. The highest BCUT2D eigenvalue weighted by molar-refractivity contribution is 5.42. The molecule has 1 aromatic carbocycles. The third-order valence-electron chi connectivity index (χ3n) is 4.15. The lowest BCUT2D eigenvalue weighted by Gasteiger charge is -2.28. The second-order valence-electron chi connectivity index (χ2n) is 5.42. The number of hydrogen-bond acceptors (Lipinski definition) is 2. The van der Waals surface area contributed by atoms with Crippen molar-refractivity contribution >= 4 is 0 Å². The van der Waals surface area contributed by atoms with Gasteiger partial charge >= 0.3 is 0 Å². The normalized spacial score (nSPS) is 22.6. The van der Waals surface area contributed by atoms with Gasteiger partial charge in [0.25, 0.3) is 0 Å². The van der Waals surface area contributed by atoms with Gasteiger partial charge in [-0.2, -0.15) is 0 Å². The van der Waals surface area contributed by atoms with Crippen LogP contribution in [0.5, 0.6) is 0 Å². The Bertz CT molecular complexity index is 517.